The topological polar surface area (TPSA) is 75.9 Å². The van der Waals surface area contributed by atoms with Gasteiger partial charge in [-0.1, -0.05) is 6.92 Å². The number of benzene rings is 1. The third kappa shape index (κ3) is 6.68. The molecule has 1 aromatic heterocycles. The number of rotatable bonds is 8. The Labute approximate surface area is 196 Å². The Balaban J connectivity index is 0.00000320. The molecule has 2 N–H and O–H groups in total. The fourth-order valence-electron chi connectivity index (χ4n) is 3.54. The van der Waals surface area contributed by atoms with Crippen molar-refractivity contribution in [2.24, 2.45) is 10.9 Å². The van der Waals surface area contributed by atoms with Crippen molar-refractivity contribution in [2.45, 2.75) is 25.9 Å². The average molecular weight is 528 g/mol. The Bertz CT molecular complexity index is 777. The van der Waals surface area contributed by atoms with Crippen LogP contribution in [0.2, 0.25) is 0 Å². The molecule has 0 spiro atoms. The molecular weight excluding hydrogens is 495 g/mol. The molecule has 1 aromatic carbocycles. The van der Waals surface area contributed by atoms with Gasteiger partial charge >= 0.3 is 0 Å². The molecule has 0 saturated carbocycles. The molecule has 0 aliphatic carbocycles. The van der Waals surface area contributed by atoms with E-state index in [1.54, 1.807) is 14.2 Å². The van der Waals surface area contributed by atoms with E-state index in [0.29, 0.717) is 12.0 Å². The molecule has 3 rings (SSSR count). The number of nitrogens with one attached hydrogen (secondary N) is 2. The first kappa shape index (κ1) is 24.1. The number of aromatic nitrogens is 2. The first-order valence-electron chi connectivity index (χ1n) is 10.0. The fourth-order valence-corrected chi connectivity index (χ4v) is 3.54. The Morgan fingerprint density at radius 3 is 2.60 bits per heavy atom. The normalized spacial score (nSPS) is 17.3. The predicted octanol–water partition coefficient (Wildman–Crippen LogP) is 2.60. The van der Waals surface area contributed by atoms with Crippen LogP contribution in [0.25, 0.3) is 0 Å². The van der Waals surface area contributed by atoms with Crippen LogP contribution in [0.5, 0.6) is 11.5 Å². The van der Waals surface area contributed by atoms with Crippen LogP contribution in [0.1, 0.15) is 13.3 Å². The summed E-state index contributed by atoms with van der Waals surface area (Å²) in [7, 11) is 5.17. The second kappa shape index (κ2) is 11.9. The molecule has 166 valence electrons. The number of ether oxygens (including phenoxy) is 2. The van der Waals surface area contributed by atoms with E-state index in [1.165, 1.54) is 0 Å². The molecular formula is C21H33IN6O2. The third-order valence-corrected chi connectivity index (χ3v) is 5.13. The highest BCUT2D eigenvalue weighted by Gasteiger charge is 2.24. The first-order valence-corrected chi connectivity index (χ1v) is 10.0. The van der Waals surface area contributed by atoms with E-state index >= 15 is 0 Å². The Hall–Kier alpha value is -2.17. The summed E-state index contributed by atoms with van der Waals surface area (Å²) in [6.07, 6.45) is 4.84. The van der Waals surface area contributed by atoms with Gasteiger partial charge in [0.2, 0.25) is 0 Å². The zero-order chi connectivity index (χ0) is 20.6. The molecule has 2 aromatic rings. The highest BCUT2D eigenvalue weighted by atomic mass is 127. The summed E-state index contributed by atoms with van der Waals surface area (Å²) >= 11 is 0. The summed E-state index contributed by atoms with van der Waals surface area (Å²) in [4.78, 5) is 6.73. The first-order chi connectivity index (χ1) is 14.1. The number of halogens is 1. The summed E-state index contributed by atoms with van der Waals surface area (Å²) in [5.74, 6) is 2.89. The molecule has 0 bridgehead atoms. The highest BCUT2D eigenvalue weighted by molar-refractivity contribution is 14.0. The number of hydrogen-bond acceptors (Lipinski definition) is 5. The number of aliphatic imine (C=N–C) groups is 1. The van der Waals surface area contributed by atoms with Crippen LogP contribution in [0, 0.1) is 5.92 Å². The van der Waals surface area contributed by atoms with Gasteiger partial charge < -0.3 is 25.0 Å². The Kier molecular flexibility index (Phi) is 9.54. The van der Waals surface area contributed by atoms with Crippen molar-refractivity contribution >= 4 is 35.6 Å². The van der Waals surface area contributed by atoms with Crippen molar-refractivity contribution in [3.63, 3.8) is 0 Å². The van der Waals surface area contributed by atoms with Crippen molar-refractivity contribution in [1.29, 1.82) is 0 Å². The van der Waals surface area contributed by atoms with Crippen LogP contribution in [-0.2, 0) is 6.54 Å². The van der Waals surface area contributed by atoms with E-state index in [9.17, 15) is 0 Å². The maximum absolute atomic E-state index is 5.40. The lowest BCUT2D eigenvalue weighted by atomic mass is 10.2. The van der Waals surface area contributed by atoms with Gasteiger partial charge in [0, 0.05) is 75.5 Å². The maximum Gasteiger partial charge on any atom is 0.191 e. The molecule has 2 unspecified atom stereocenters. The van der Waals surface area contributed by atoms with Gasteiger partial charge in [0.05, 0.1) is 14.2 Å². The molecule has 1 aliphatic heterocycles. The van der Waals surface area contributed by atoms with Crippen LogP contribution in [0.15, 0.2) is 41.7 Å². The molecule has 2 atom stereocenters. The summed E-state index contributed by atoms with van der Waals surface area (Å²) in [6, 6.07) is 8.28. The maximum atomic E-state index is 5.40. The predicted molar refractivity (Wildman–Crippen MR) is 131 cm³/mol. The lowest BCUT2D eigenvalue weighted by molar-refractivity contribution is 0.394. The second-order valence-electron chi connectivity index (χ2n) is 7.43. The minimum atomic E-state index is 0. The lowest BCUT2D eigenvalue weighted by Gasteiger charge is -2.22. The fraction of sp³-hybridized carbons (Fsp3) is 0.524. The molecule has 8 nitrogen and oxygen atoms in total. The molecule has 9 heteroatoms. The van der Waals surface area contributed by atoms with Crippen LogP contribution in [0.4, 0.5) is 5.69 Å². The number of anilines is 1. The van der Waals surface area contributed by atoms with Crippen LogP contribution in [-0.4, -0.2) is 62.7 Å². The van der Waals surface area contributed by atoms with Crippen LogP contribution in [0.3, 0.4) is 0 Å². The van der Waals surface area contributed by atoms with Gasteiger partial charge in [-0.15, -0.1) is 24.0 Å². The largest absolute Gasteiger partial charge is 0.497 e. The number of guanidine groups is 1. The number of methoxy groups -OCH3 is 2. The van der Waals surface area contributed by atoms with Gasteiger partial charge in [0.1, 0.15) is 11.5 Å². The van der Waals surface area contributed by atoms with Crippen LogP contribution < -0.4 is 25.0 Å². The molecule has 1 saturated heterocycles. The molecule has 2 heterocycles. The Morgan fingerprint density at radius 1 is 1.27 bits per heavy atom. The SMILES string of the molecule is CN=C(NCC(C)Cn1cccn1)NC1CCN(c2cc(OC)cc(OC)c2)C1.I. The van der Waals surface area contributed by atoms with E-state index in [2.05, 4.69) is 44.7 Å². The van der Waals surface area contributed by atoms with Crippen molar-refractivity contribution < 1.29 is 9.47 Å². The molecule has 1 aliphatic rings. The number of hydrogen-bond donors (Lipinski definition) is 2. The quantitative estimate of drug-likeness (QED) is 0.312. The minimum Gasteiger partial charge on any atom is -0.497 e. The van der Waals surface area contributed by atoms with Gasteiger partial charge in [0.25, 0.3) is 0 Å². The van der Waals surface area contributed by atoms with Gasteiger partial charge in [-0.2, -0.15) is 5.10 Å². The molecule has 0 radical (unpaired) electrons. The summed E-state index contributed by atoms with van der Waals surface area (Å²) in [5, 5.41) is 11.3. The molecule has 0 amide bonds. The lowest BCUT2D eigenvalue weighted by Crippen LogP contribution is -2.46. The summed E-state index contributed by atoms with van der Waals surface area (Å²) in [5.41, 5.74) is 1.11. The van der Waals surface area contributed by atoms with E-state index in [0.717, 1.165) is 55.7 Å². The van der Waals surface area contributed by atoms with Crippen LogP contribution >= 0.6 is 24.0 Å². The van der Waals surface area contributed by atoms with E-state index < -0.39 is 0 Å². The number of nitrogens with zero attached hydrogens (tertiary/aromatic N) is 4. The van der Waals surface area contributed by atoms with E-state index in [4.69, 9.17) is 9.47 Å². The van der Waals surface area contributed by atoms with Crippen molar-refractivity contribution in [3.8, 4) is 11.5 Å². The van der Waals surface area contributed by atoms with Gasteiger partial charge in [-0.25, -0.2) is 0 Å². The minimum absolute atomic E-state index is 0. The molecule has 30 heavy (non-hydrogen) atoms. The summed E-state index contributed by atoms with van der Waals surface area (Å²) in [6.45, 7) is 5.80. The summed E-state index contributed by atoms with van der Waals surface area (Å²) < 4.78 is 12.8. The zero-order valence-corrected chi connectivity index (χ0v) is 20.5. The standard InChI is InChI=1S/C21H32N6O2.HI/c1-16(14-27-8-5-7-24-27)13-23-21(22-2)25-17-6-9-26(15-17)18-10-19(28-3)12-20(11-18)29-4;/h5,7-8,10-12,16-17H,6,9,13-15H2,1-4H3,(H2,22,23,25);1H. The highest BCUT2D eigenvalue weighted by Crippen LogP contribution is 2.30. The van der Waals surface area contributed by atoms with Gasteiger partial charge in [-0.05, 0) is 18.4 Å². The second-order valence-corrected chi connectivity index (χ2v) is 7.43. The zero-order valence-electron chi connectivity index (χ0n) is 18.2. The van der Waals surface area contributed by atoms with E-state index in [-0.39, 0.29) is 24.0 Å². The van der Waals surface area contributed by atoms with Gasteiger partial charge in [0.15, 0.2) is 5.96 Å². The van der Waals surface area contributed by atoms with Crippen molar-refractivity contribution in [2.75, 3.05) is 45.8 Å². The average Bonchev–Trinajstić information content (AvgIpc) is 3.42. The Morgan fingerprint density at radius 2 is 2.00 bits per heavy atom. The smallest absolute Gasteiger partial charge is 0.191 e. The third-order valence-electron chi connectivity index (χ3n) is 5.13. The van der Waals surface area contributed by atoms with E-state index in [1.807, 2.05) is 36.3 Å². The molecule has 1 fully saturated rings. The monoisotopic (exact) mass is 528 g/mol. The van der Waals surface area contributed by atoms with Gasteiger partial charge in [-0.3, -0.25) is 9.67 Å². The van der Waals surface area contributed by atoms with Crippen molar-refractivity contribution in [1.82, 2.24) is 20.4 Å². The van der Waals surface area contributed by atoms with Crippen molar-refractivity contribution in [3.05, 3.63) is 36.7 Å².